The summed E-state index contributed by atoms with van der Waals surface area (Å²) in [5, 5.41) is 11.9. The number of ether oxygens (including phenoxy) is 2. The molecule has 190 valence electrons. The number of non-ortho nitro benzene ring substituents is 1. The summed E-state index contributed by atoms with van der Waals surface area (Å²) >= 11 is 1.47. The quantitative estimate of drug-likeness (QED) is 0.142. The molecule has 0 radical (unpaired) electrons. The van der Waals surface area contributed by atoms with E-state index in [0.29, 0.717) is 23.5 Å². The van der Waals surface area contributed by atoms with Gasteiger partial charge in [-0.3, -0.25) is 19.8 Å². The third kappa shape index (κ3) is 5.50. The van der Waals surface area contributed by atoms with Gasteiger partial charge in [-0.15, -0.1) is 11.3 Å². The molecular formula is C29H28N2O5S. The third-order valence-electron chi connectivity index (χ3n) is 6.71. The number of nitrogens with zero attached hydrogens (tertiary/aromatic N) is 2. The maximum absolute atomic E-state index is 13.8. The number of hydrogen-bond acceptors (Lipinski definition) is 7. The number of likely N-dealkylation sites (tertiary alicyclic amines) is 1. The van der Waals surface area contributed by atoms with Gasteiger partial charge in [-0.25, -0.2) is 0 Å². The number of hydrogen-bond donors (Lipinski definition) is 0. The van der Waals surface area contributed by atoms with E-state index in [2.05, 4.69) is 4.90 Å². The van der Waals surface area contributed by atoms with Gasteiger partial charge in [0.2, 0.25) is 0 Å². The van der Waals surface area contributed by atoms with Crippen molar-refractivity contribution in [2.24, 2.45) is 0 Å². The molecule has 0 unspecified atom stereocenters. The topological polar surface area (TPSA) is 81.9 Å². The Morgan fingerprint density at radius 1 is 0.973 bits per heavy atom. The Bertz CT molecular complexity index is 1410. The van der Waals surface area contributed by atoms with Gasteiger partial charge in [-0.2, -0.15) is 0 Å². The van der Waals surface area contributed by atoms with Gasteiger partial charge in [-0.1, -0.05) is 6.42 Å². The molecule has 0 spiro atoms. The molecule has 0 N–H and O–H groups in total. The van der Waals surface area contributed by atoms with Crippen molar-refractivity contribution in [1.29, 1.82) is 0 Å². The van der Waals surface area contributed by atoms with E-state index in [1.165, 1.54) is 42.7 Å². The lowest BCUT2D eigenvalue weighted by Gasteiger charge is -2.26. The van der Waals surface area contributed by atoms with Crippen molar-refractivity contribution in [3.63, 3.8) is 0 Å². The molecule has 2 heterocycles. The van der Waals surface area contributed by atoms with E-state index in [0.717, 1.165) is 45.9 Å². The zero-order chi connectivity index (χ0) is 25.8. The predicted octanol–water partition coefficient (Wildman–Crippen LogP) is 6.58. The van der Waals surface area contributed by atoms with Gasteiger partial charge in [0, 0.05) is 44.8 Å². The number of rotatable bonds is 9. The Morgan fingerprint density at radius 2 is 1.68 bits per heavy atom. The van der Waals surface area contributed by atoms with Gasteiger partial charge in [0.25, 0.3) is 5.69 Å². The first-order chi connectivity index (χ1) is 18.0. The Kier molecular flexibility index (Phi) is 7.48. The van der Waals surface area contributed by atoms with Crippen molar-refractivity contribution in [3.05, 3.63) is 88.0 Å². The molecule has 7 nitrogen and oxygen atoms in total. The second-order valence-corrected chi connectivity index (χ2v) is 10.1. The Labute approximate surface area is 219 Å². The number of thiophene rings is 1. The first-order valence-electron chi connectivity index (χ1n) is 12.4. The molecule has 1 aliphatic heterocycles. The second-order valence-electron chi connectivity index (χ2n) is 9.08. The lowest BCUT2D eigenvalue weighted by atomic mass is 9.97. The van der Waals surface area contributed by atoms with E-state index in [-0.39, 0.29) is 11.5 Å². The van der Waals surface area contributed by atoms with Crippen LogP contribution in [0.5, 0.6) is 11.5 Å². The highest BCUT2D eigenvalue weighted by Gasteiger charge is 2.22. The molecule has 5 rings (SSSR count). The number of ketones is 1. The molecule has 37 heavy (non-hydrogen) atoms. The SMILES string of the molecule is COc1ccc2c(C(=O)c3ccc(OCCN4CCCCC4)cc3)c(-c3ccc([N+](=O)[O-])cc3)sc2c1. The minimum Gasteiger partial charge on any atom is -0.497 e. The van der Waals surface area contributed by atoms with Crippen LogP contribution in [0.25, 0.3) is 20.5 Å². The van der Waals surface area contributed by atoms with Crippen LogP contribution >= 0.6 is 11.3 Å². The normalized spacial score (nSPS) is 14.0. The summed E-state index contributed by atoms with van der Waals surface area (Å²) in [6.07, 6.45) is 3.82. The molecule has 0 saturated carbocycles. The fourth-order valence-electron chi connectivity index (χ4n) is 4.69. The van der Waals surface area contributed by atoms with Crippen molar-refractivity contribution in [1.82, 2.24) is 4.90 Å². The van der Waals surface area contributed by atoms with Crippen LogP contribution in [0.15, 0.2) is 66.7 Å². The summed E-state index contributed by atoms with van der Waals surface area (Å²) < 4.78 is 12.2. The average molecular weight is 517 g/mol. The van der Waals surface area contributed by atoms with Crippen molar-refractivity contribution in [2.45, 2.75) is 19.3 Å². The summed E-state index contributed by atoms with van der Waals surface area (Å²) in [7, 11) is 1.61. The second kappa shape index (κ2) is 11.1. The molecule has 3 aromatic carbocycles. The van der Waals surface area contributed by atoms with Crippen LogP contribution in [0, 0.1) is 10.1 Å². The Morgan fingerprint density at radius 3 is 2.35 bits per heavy atom. The molecule has 1 aliphatic rings. The summed E-state index contributed by atoms with van der Waals surface area (Å²) in [6, 6.07) is 19.2. The first-order valence-corrected chi connectivity index (χ1v) is 13.2. The number of carbonyl (C=O) groups excluding carboxylic acids is 1. The standard InChI is InChI=1S/C29H28N2O5S/c1-35-24-13-14-25-26(19-24)37-29(21-5-9-22(10-6-21)31(33)34)27(25)28(32)20-7-11-23(12-8-20)36-18-17-30-15-3-2-4-16-30/h5-14,19H,2-4,15-18H2,1H3. The first kappa shape index (κ1) is 24.9. The van der Waals surface area contributed by atoms with Gasteiger partial charge in [0.15, 0.2) is 5.78 Å². The molecule has 1 fully saturated rings. The van der Waals surface area contributed by atoms with Gasteiger partial charge in [-0.05, 0) is 86.1 Å². The van der Waals surface area contributed by atoms with E-state index >= 15 is 0 Å². The third-order valence-corrected chi connectivity index (χ3v) is 7.91. The van der Waals surface area contributed by atoms with E-state index in [1.54, 1.807) is 31.4 Å². The van der Waals surface area contributed by atoms with Gasteiger partial charge in [0.05, 0.1) is 12.0 Å². The highest BCUT2D eigenvalue weighted by Crippen LogP contribution is 2.41. The average Bonchev–Trinajstić information content (AvgIpc) is 3.32. The van der Waals surface area contributed by atoms with Crippen molar-refractivity contribution >= 4 is 32.9 Å². The summed E-state index contributed by atoms with van der Waals surface area (Å²) in [4.78, 5) is 27.7. The zero-order valence-corrected chi connectivity index (χ0v) is 21.5. The zero-order valence-electron chi connectivity index (χ0n) is 20.6. The highest BCUT2D eigenvalue weighted by atomic mass is 32.1. The van der Waals surface area contributed by atoms with E-state index in [4.69, 9.17) is 9.47 Å². The molecular weight excluding hydrogens is 488 g/mol. The molecule has 0 aliphatic carbocycles. The number of methoxy groups -OCH3 is 1. The molecule has 1 aromatic heterocycles. The minimum atomic E-state index is -0.429. The van der Waals surface area contributed by atoms with E-state index in [1.807, 2.05) is 30.3 Å². The Balaban J connectivity index is 1.41. The smallest absolute Gasteiger partial charge is 0.269 e. The maximum Gasteiger partial charge on any atom is 0.269 e. The summed E-state index contributed by atoms with van der Waals surface area (Å²) in [5.41, 5.74) is 1.90. The van der Waals surface area contributed by atoms with Crippen molar-refractivity contribution in [3.8, 4) is 21.9 Å². The number of nitro groups is 1. The number of benzene rings is 3. The largest absolute Gasteiger partial charge is 0.497 e. The van der Waals surface area contributed by atoms with Crippen molar-refractivity contribution in [2.75, 3.05) is 33.4 Å². The van der Waals surface area contributed by atoms with Gasteiger partial charge in [0.1, 0.15) is 18.1 Å². The Hall–Kier alpha value is -3.75. The van der Waals surface area contributed by atoms with Crippen LogP contribution in [0.3, 0.4) is 0 Å². The van der Waals surface area contributed by atoms with Crippen LogP contribution in [-0.4, -0.2) is 49.0 Å². The monoisotopic (exact) mass is 516 g/mol. The lowest BCUT2D eigenvalue weighted by molar-refractivity contribution is -0.384. The maximum atomic E-state index is 13.8. The number of nitro benzene ring substituents is 1. The van der Waals surface area contributed by atoms with Crippen LogP contribution in [0.1, 0.15) is 35.2 Å². The minimum absolute atomic E-state index is 0.00952. The highest BCUT2D eigenvalue weighted by molar-refractivity contribution is 7.22. The molecule has 1 saturated heterocycles. The van der Waals surface area contributed by atoms with E-state index in [9.17, 15) is 14.9 Å². The van der Waals surface area contributed by atoms with Crippen LogP contribution in [-0.2, 0) is 0 Å². The van der Waals surface area contributed by atoms with Gasteiger partial charge < -0.3 is 9.47 Å². The van der Waals surface area contributed by atoms with Crippen LogP contribution in [0.4, 0.5) is 5.69 Å². The molecule has 0 amide bonds. The fraction of sp³-hybridized carbons (Fsp3) is 0.276. The fourth-order valence-corrected chi connectivity index (χ4v) is 5.92. The number of carbonyl (C=O) groups is 1. The van der Waals surface area contributed by atoms with Crippen LogP contribution in [0.2, 0.25) is 0 Å². The lowest BCUT2D eigenvalue weighted by Crippen LogP contribution is -2.33. The molecule has 4 aromatic rings. The summed E-state index contributed by atoms with van der Waals surface area (Å²) in [5.74, 6) is 1.34. The number of piperidine rings is 1. The molecule has 0 bridgehead atoms. The van der Waals surface area contributed by atoms with Crippen molar-refractivity contribution < 1.29 is 19.2 Å². The molecule has 8 heteroatoms. The van der Waals surface area contributed by atoms with Crippen LogP contribution < -0.4 is 9.47 Å². The summed E-state index contributed by atoms with van der Waals surface area (Å²) in [6.45, 7) is 3.79. The van der Waals surface area contributed by atoms with E-state index < -0.39 is 4.92 Å². The van der Waals surface area contributed by atoms with Gasteiger partial charge >= 0.3 is 0 Å². The molecule has 0 atom stereocenters. The number of fused-ring (bicyclic) bond motifs is 1. The predicted molar refractivity (Wildman–Crippen MR) is 146 cm³/mol.